The smallest absolute Gasteiger partial charge is 0.255 e. The lowest BCUT2D eigenvalue weighted by atomic mass is 10.2. The number of benzene rings is 1. The van der Waals surface area contributed by atoms with E-state index in [1.165, 1.54) is 6.07 Å². The summed E-state index contributed by atoms with van der Waals surface area (Å²) in [5, 5.41) is 9.11. The molecule has 0 spiro atoms. The fraction of sp³-hybridized carbons (Fsp3) is 0.333. The highest BCUT2D eigenvalue weighted by molar-refractivity contribution is 5.99. The molecule has 1 aromatic heterocycles. The molecule has 1 aliphatic heterocycles. The van der Waals surface area contributed by atoms with Crippen LogP contribution < -0.4 is 16.0 Å². The first kappa shape index (κ1) is 23.1. The van der Waals surface area contributed by atoms with Gasteiger partial charge in [-0.25, -0.2) is 9.37 Å². The zero-order valence-electron chi connectivity index (χ0n) is 14.8. The van der Waals surface area contributed by atoms with Gasteiger partial charge in [-0.3, -0.25) is 9.69 Å². The highest BCUT2D eigenvalue weighted by Crippen LogP contribution is 2.20. The third-order valence-corrected chi connectivity index (χ3v) is 4.10. The minimum Gasteiger partial charge on any atom is -0.351 e. The number of pyridine rings is 1. The molecule has 148 valence electrons. The average molecular weight is 416 g/mol. The van der Waals surface area contributed by atoms with Crippen molar-refractivity contribution >= 4 is 42.2 Å². The summed E-state index contributed by atoms with van der Waals surface area (Å²) in [7, 11) is 0. The molecule has 0 saturated carbocycles. The molecule has 1 saturated heterocycles. The fourth-order valence-corrected chi connectivity index (χ4v) is 2.74. The standard InChI is InChI=1S/C18H22FN5O.2ClH/c19-15-5-1-2-6-16(15)23-17-14(4-3-7-21-17)18(25)22-10-13-24-11-8-20-9-12-24;;/h1-7,20H,8-13H2,(H,21,23)(H,22,25);2*1H. The van der Waals surface area contributed by atoms with Crippen LogP contribution in [0.5, 0.6) is 0 Å². The van der Waals surface area contributed by atoms with Gasteiger partial charge < -0.3 is 16.0 Å². The van der Waals surface area contributed by atoms with Crippen molar-refractivity contribution in [1.29, 1.82) is 0 Å². The van der Waals surface area contributed by atoms with Crippen molar-refractivity contribution in [2.75, 3.05) is 44.6 Å². The quantitative estimate of drug-likeness (QED) is 0.675. The van der Waals surface area contributed by atoms with Crippen molar-refractivity contribution in [2.24, 2.45) is 0 Å². The SMILES string of the molecule is Cl.Cl.O=C(NCCN1CCNCC1)c1cccnc1Nc1ccccc1F. The Morgan fingerprint density at radius 1 is 1.15 bits per heavy atom. The zero-order chi connectivity index (χ0) is 17.5. The van der Waals surface area contributed by atoms with Gasteiger partial charge >= 0.3 is 0 Å². The van der Waals surface area contributed by atoms with Crippen LogP contribution in [0.25, 0.3) is 0 Å². The lowest BCUT2D eigenvalue weighted by Crippen LogP contribution is -2.46. The minimum atomic E-state index is -0.391. The number of anilines is 2. The van der Waals surface area contributed by atoms with Crippen LogP contribution in [0.3, 0.4) is 0 Å². The Morgan fingerprint density at radius 2 is 1.89 bits per heavy atom. The molecule has 0 aliphatic carbocycles. The molecule has 1 aliphatic rings. The van der Waals surface area contributed by atoms with Crippen molar-refractivity contribution in [2.45, 2.75) is 0 Å². The van der Waals surface area contributed by atoms with E-state index in [0.29, 0.717) is 17.9 Å². The van der Waals surface area contributed by atoms with Gasteiger partial charge in [-0.15, -0.1) is 24.8 Å². The second-order valence-electron chi connectivity index (χ2n) is 5.85. The predicted octanol–water partition coefficient (Wildman–Crippen LogP) is 2.44. The largest absolute Gasteiger partial charge is 0.351 e. The first-order chi connectivity index (χ1) is 12.2. The van der Waals surface area contributed by atoms with Gasteiger partial charge in [-0.2, -0.15) is 0 Å². The lowest BCUT2D eigenvalue weighted by Gasteiger charge is -2.27. The number of piperazine rings is 1. The number of carbonyl (C=O) groups excluding carboxylic acids is 1. The summed E-state index contributed by atoms with van der Waals surface area (Å²) in [4.78, 5) is 18.9. The van der Waals surface area contributed by atoms with Gasteiger partial charge in [-0.05, 0) is 24.3 Å². The monoisotopic (exact) mass is 415 g/mol. The highest BCUT2D eigenvalue weighted by Gasteiger charge is 2.14. The van der Waals surface area contributed by atoms with Crippen LogP contribution in [0, 0.1) is 5.82 Å². The van der Waals surface area contributed by atoms with E-state index in [9.17, 15) is 9.18 Å². The first-order valence-corrected chi connectivity index (χ1v) is 8.42. The fourth-order valence-electron chi connectivity index (χ4n) is 2.74. The summed E-state index contributed by atoms with van der Waals surface area (Å²) < 4.78 is 13.8. The second-order valence-corrected chi connectivity index (χ2v) is 5.85. The van der Waals surface area contributed by atoms with E-state index < -0.39 is 5.82 Å². The molecule has 1 fully saturated rings. The number of nitrogens with zero attached hydrogens (tertiary/aromatic N) is 2. The Kier molecular flexibility index (Phi) is 10.0. The van der Waals surface area contributed by atoms with Crippen molar-refractivity contribution < 1.29 is 9.18 Å². The topological polar surface area (TPSA) is 69.3 Å². The van der Waals surface area contributed by atoms with Crippen molar-refractivity contribution in [3.8, 4) is 0 Å². The summed E-state index contributed by atoms with van der Waals surface area (Å²) in [5.74, 6) is -0.271. The molecule has 1 amide bonds. The summed E-state index contributed by atoms with van der Waals surface area (Å²) in [5.41, 5.74) is 0.683. The molecule has 3 rings (SSSR count). The third kappa shape index (κ3) is 6.62. The summed E-state index contributed by atoms with van der Waals surface area (Å²) in [6.45, 7) is 5.31. The van der Waals surface area contributed by atoms with Crippen molar-refractivity contribution in [3.05, 3.63) is 54.0 Å². The lowest BCUT2D eigenvalue weighted by molar-refractivity contribution is 0.0948. The average Bonchev–Trinajstić information content (AvgIpc) is 2.65. The Balaban J connectivity index is 0.00000182. The van der Waals surface area contributed by atoms with Crippen LogP contribution in [0.2, 0.25) is 0 Å². The van der Waals surface area contributed by atoms with E-state index >= 15 is 0 Å². The van der Waals surface area contributed by atoms with Crippen LogP contribution in [-0.2, 0) is 0 Å². The molecular weight excluding hydrogens is 392 g/mol. The maximum Gasteiger partial charge on any atom is 0.255 e. The van der Waals surface area contributed by atoms with Crippen LogP contribution in [0.4, 0.5) is 15.9 Å². The number of carbonyl (C=O) groups is 1. The molecule has 0 atom stereocenters. The molecular formula is C18H24Cl2FN5O. The molecule has 3 N–H and O–H groups in total. The summed E-state index contributed by atoms with van der Waals surface area (Å²) >= 11 is 0. The highest BCUT2D eigenvalue weighted by atomic mass is 35.5. The molecule has 6 nitrogen and oxygen atoms in total. The summed E-state index contributed by atoms with van der Waals surface area (Å²) in [6.07, 6.45) is 1.57. The number of halogens is 3. The third-order valence-electron chi connectivity index (χ3n) is 4.10. The first-order valence-electron chi connectivity index (χ1n) is 8.42. The van der Waals surface area contributed by atoms with Crippen LogP contribution in [0.15, 0.2) is 42.6 Å². The number of nitrogens with one attached hydrogen (secondary N) is 3. The number of aromatic nitrogens is 1. The van der Waals surface area contributed by atoms with Gasteiger partial charge in [0.2, 0.25) is 0 Å². The van der Waals surface area contributed by atoms with Gasteiger partial charge in [0.25, 0.3) is 5.91 Å². The van der Waals surface area contributed by atoms with Crippen LogP contribution >= 0.6 is 24.8 Å². The maximum absolute atomic E-state index is 13.8. The van der Waals surface area contributed by atoms with E-state index in [2.05, 4.69) is 25.8 Å². The van der Waals surface area contributed by atoms with E-state index in [1.54, 1.807) is 36.5 Å². The van der Waals surface area contributed by atoms with Gasteiger partial charge in [0.1, 0.15) is 11.6 Å². The van der Waals surface area contributed by atoms with E-state index in [-0.39, 0.29) is 36.4 Å². The van der Waals surface area contributed by atoms with E-state index in [0.717, 1.165) is 32.7 Å². The maximum atomic E-state index is 13.8. The van der Waals surface area contributed by atoms with Gasteiger partial charge in [0, 0.05) is 45.5 Å². The van der Waals surface area contributed by atoms with Crippen LogP contribution in [0.1, 0.15) is 10.4 Å². The number of rotatable bonds is 6. The minimum absolute atomic E-state index is 0. The zero-order valence-corrected chi connectivity index (χ0v) is 16.4. The van der Waals surface area contributed by atoms with Gasteiger partial charge in [0.15, 0.2) is 0 Å². The normalized spacial score (nSPS) is 13.8. The number of hydrogen-bond acceptors (Lipinski definition) is 5. The predicted molar refractivity (Wildman–Crippen MR) is 110 cm³/mol. The number of hydrogen-bond donors (Lipinski definition) is 3. The molecule has 0 bridgehead atoms. The second kappa shape index (κ2) is 11.7. The number of para-hydroxylation sites is 1. The molecule has 2 heterocycles. The Bertz CT molecular complexity index is 728. The van der Waals surface area contributed by atoms with Crippen molar-refractivity contribution in [1.82, 2.24) is 20.5 Å². The Labute approximate surface area is 170 Å². The molecule has 9 heteroatoms. The molecule has 2 aromatic rings. The molecule has 0 unspecified atom stereocenters. The Morgan fingerprint density at radius 3 is 2.63 bits per heavy atom. The van der Waals surface area contributed by atoms with E-state index in [1.807, 2.05) is 0 Å². The van der Waals surface area contributed by atoms with Crippen molar-refractivity contribution in [3.63, 3.8) is 0 Å². The summed E-state index contributed by atoms with van der Waals surface area (Å²) in [6, 6.07) is 9.67. The van der Waals surface area contributed by atoms with Gasteiger partial charge in [-0.1, -0.05) is 12.1 Å². The van der Waals surface area contributed by atoms with E-state index in [4.69, 9.17) is 0 Å². The number of amides is 1. The van der Waals surface area contributed by atoms with Gasteiger partial charge in [0.05, 0.1) is 11.3 Å². The molecule has 0 radical (unpaired) electrons. The molecule has 1 aromatic carbocycles. The van der Waals surface area contributed by atoms with Crippen LogP contribution in [-0.4, -0.2) is 55.1 Å². The Hall–Kier alpha value is -1.93. The molecule has 27 heavy (non-hydrogen) atoms.